The molecule has 1 amide bonds. The topological polar surface area (TPSA) is 58.4 Å². The number of nitrogens with two attached hydrogens (primary N) is 1. The van der Waals surface area contributed by atoms with Crippen LogP contribution >= 0.6 is 0 Å². The molecule has 1 heterocycles. The second-order valence-corrected chi connectivity index (χ2v) is 4.10. The van der Waals surface area contributed by atoms with Gasteiger partial charge in [-0.25, -0.2) is 5.01 Å². The first kappa shape index (κ1) is 11.5. The maximum absolute atomic E-state index is 11.4. The molecule has 0 aromatic heterocycles. The Balaban J connectivity index is 2.12. The van der Waals surface area contributed by atoms with E-state index in [-0.39, 0.29) is 11.9 Å². The molecule has 4 heteroatoms. The number of hydrazine groups is 1. The Labute approximate surface area is 85.8 Å². The normalized spacial score (nSPS) is 20.4. The quantitative estimate of drug-likeness (QED) is 0.698. The first-order valence-electron chi connectivity index (χ1n) is 5.48. The highest BCUT2D eigenvalue weighted by Crippen LogP contribution is 2.06. The lowest BCUT2D eigenvalue weighted by molar-refractivity contribution is -0.126. The molecule has 82 valence electrons. The number of hydrogen-bond donors (Lipinski definition) is 2. The van der Waals surface area contributed by atoms with Crippen LogP contribution in [0.3, 0.4) is 0 Å². The number of carbonyl (C=O) groups excluding carboxylic acids is 1. The van der Waals surface area contributed by atoms with Crippen molar-refractivity contribution in [1.82, 2.24) is 10.4 Å². The van der Waals surface area contributed by atoms with Gasteiger partial charge in [0.05, 0.1) is 0 Å². The number of piperidine rings is 1. The van der Waals surface area contributed by atoms with Gasteiger partial charge in [-0.2, -0.15) is 0 Å². The van der Waals surface area contributed by atoms with Crippen molar-refractivity contribution in [3.05, 3.63) is 0 Å². The molecule has 0 aromatic rings. The van der Waals surface area contributed by atoms with Gasteiger partial charge in [-0.05, 0) is 26.2 Å². The Morgan fingerprint density at radius 3 is 2.64 bits per heavy atom. The SMILES string of the molecule is CC(N)CCC(=O)NN1CCCCC1. The summed E-state index contributed by atoms with van der Waals surface area (Å²) in [5.41, 5.74) is 8.49. The van der Waals surface area contributed by atoms with Gasteiger partial charge in [-0.15, -0.1) is 0 Å². The molecule has 1 aliphatic rings. The van der Waals surface area contributed by atoms with Crippen LogP contribution in [0, 0.1) is 0 Å². The van der Waals surface area contributed by atoms with E-state index in [1.807, 2.05) is 11.9 Å². The van der Waals surface area contributed by atoms with Crippen LogP contribution in [0.15, 0.2) is 0 Å². The maximum Gasteiger partial charge on any atom is 0.234 e. The fourth-order valence-corrected chi connectivity index (χ4v) is 1.60. The van der Waals surface area contributed by atoms with Crippen molar-refractivity contribution in [2.75, 3.05) is 13.1 Å². The lowest BCUT2D eigenvalue weighted by atomic mass is 10.1. The molecule has 4 nitrogen and oxygen atoms in total. The van der Waals surface area contributed by atoms with Gasteiger partial charge in [0.25, 0.3) is 0 Å². The van der Waals surface area contributed by atoms with Crippen molar-refractivity contribution in [3.8, 4) is 0 Å². The van der Waals surface area contributed by atoms with E-state index in [9.17, 15) is 4.79 Å². The highest BCUT2D eigenvalue weighted by molar-refractivity contribution is 5.75. The average Bonchev–Trinajstić information content (AvgIpc) is 2.16. The van der Waals surface area contributed by atoms with Gasteiger partial charge in [0.1, 0.15) is 0 Å². The third-order valence-corrected chi connectivity index (χ3v) is 2.47. The van der Waals surface area contributed by atoms with Gasteiger partial charge in [-0.3, -0.25) is 10.2 Å². The minimum Gasteiger partial charge on any atom is -0.328 e. The molecule has 1 rings (SSSR count). The lowest BCUT2D eigenvalue weighted by Gasteiger charge is -2.26. The Morgan fingerprint density at radius 2 is 2.07 bits per heavy atom. The summed E-state index contributed by atoms with van der Waals surface area (Å²) in [5.74, 6) is 0.101. The summed E-state index contributed by atoms with van der Waals surface area (Å²) in [6.45, 7) is 3.90. The van der Waals surface area contributed by atoms with Crippen LogP contribution in [0.4, 0.5) is 0 Å². The van der Waals surface area contributed by atoms with Crippen LogP contribution in [0.25, 0.3) is 0 Å². The zero-order valence-electron chi connectivity index (χ0n) is 8.96. The van der Waals surface area contributed by atoms with Crippen LogP contribution in [-0.2, 0) is 4.79 Å². The van der Waals surface area contributed by atoms with Crippen LogP contribution in [0.2, 0.25) is 0 Å². The van der Waals surface area contributed by atoms with Crippen LogP contribution in [-0.4, -0.2) is 30.0 Å². The van der Waals surface area contributed by atoms with Gasteiger partial charge >= 0.3 is 0 Å². The van der Waals surface area contributed by atoms with E-state index in [2.05, 4.69) is 5.43 Å². The molecular formula is C10H21N3O. The zero-order valence-corrected chi connectivity index (χ0v) is 8.96. The summed E-state index contributed by atoms with van der Waals surface area (Å²) in [6.07, 6.45) is 4.96. The monoisotopic (exact) mass is 199 g/mol. The predicted octanol–water partition coefficient (Wildman–Crippen LogP) is 0.631. The number of nitrogens with one attached hydrogen (secondary N) is 1. The van der Waals surface area contributed by atoms with E-state index in [0.29, 0.717) is 6.42 Å². The molecule has 3 N–H and O–H groups in total. The molecule has 1 fully saturated rings. The summed E-state index contributed by atoms with van der Waals surface area (Å²) < 4.78 is 0. The van der Waals surface area contributed by atoms with Crippen molar-refractivity contribution in [2.45, 2.75) is 45.1 Å². The highest BCUT2D eigenvalue weighted by atomic mass is 16.2. The van der Waals surface area contributed by atoms with Crippen LogP contribution in [0.5, 0.6) is 0 Å². The molecule has 0 aliphatic carbocycles. The Morgan fingerprint density at radius 1 is 1.43 bits per heavy atom. The van der Waals surface area contributed by atoms with Crippen LogP contribution in [0.1, 0.15) is 39.0 Å². The van der Waals surface area contributed by atoms with E-state index in [4.69, 9.17) is 5.73 Å². The minimum atomic E-state index is 0.101. The smallest absolute Gasteiger partial charge is 0.234 e. The highest BCUT2D eigenvalue weighted by Gasteiger charge is 2.12. The third kappa shape index (κ3) is 4.58. The summed E-state index contributed by atoms with van der Waals surface area (Å²) in [4.78, 5) is 11.4. The van der Waals surface area contributed by atoms with Crippen molar-refractivity contribution < 1.29 is 4.79 Å². The maximum atomic E-state index is 11.4. The zero-order chi connectivity index (χ0) is 10.4. The largest absolute Gasteiger partial charge is 0.328 e. The molecule has 0 spiro atoms. The van der Waals surface area contributed by atoms with Crippen LogP contribution < -0.4 is 11.2 Å². The van der Waals surface area contributed by atoms with Gasteiger partial charge < -0.3 is 5.73 Å². The summed E-state index contributed by atoms with van der Waals surface area (Å²) in [5, 5.41) is 2.02. The average molecular weight is 199 g/mol. The molecule has 0 saturated carbocycles. The Hall–Kier alpha value is -0.610. The van der Waals surface area contributed by atoms with E-state index in [0.717, 1.165) is 19.5 Å². The molecule has 14 heavy (non-hydrogen) atoms. The molecule has 1 unspecified atom stereocenters. The molecule has 1 atom stereocenters. The second kappa shape index (κ2) is 5.98. The summed E-state index contributed by atoms with van der Waals surface area (Å²) in [7, 11) is 0. The van der Waals surface area contributed by atoms with Crippen molar-refractivity contribution in [3.63, 3.8) is 0 Å². The molecular weight excluding hydrogens is 178 g/mol. The van der Waals surface area contributed by atoms with Crippen molar-refractivity contribution >= 4 is 5.91 Å². The van der Waals surface area contributed by atoms with E-state index in [1.165, 1.54) is 19.3 Å². The van der Waals surface area contributed by atoms with E-state index < -0.39 is 0 Å². The number of rotatable bonds is 4. The van der Waals surface area contributed by atoms with Gasteiger partial charge in [-0.1, -0.05) is 6.42 Å². The molecule has 1 aliphatic heterocycles. The number of carbonyl (C=O) groups is 1. The number of amides is 1. The molecule has 0 bridgehead atoms. The van der Waals surface area contributed by atoms with E-state index >= 15 is 0 Å². The molecule has 0 aromatic carbocycles. The molecule has 1 saturated heterocycles. The third-order valence-electron chi connectivity index (χ3n) is 2.47. The van der Waals surface area contributed by atoms with E-state index in [1.54, 1.807) is 0 Å². The molecule has 0 radical (unpaired) electrons. The summed E-state index contributed by atoms with van der Waals surface area (Å²) in [6, 6.07) is 0.113. The first-order chi connectivity index (χ1) is 6.68. The number of nitrogens with zero attached hydrogens (tertiary/aromatic N) is 1. The predicted molar refractivity (Wildman–Crippen MR) is 56.5 cm³/mol. The van der Waals surface area contributed by atoms with Gasteiger partial charge in [0.15, 0.2) is 0 Å². The summed E-state index contributed by atoms with van der Waals surface area (Å²) >= 11 is 0. The fraction of sp³-hybridized carbons (Fsp3) is 0.900. The minimum absolute atomic E-state index is 0.101. The van der Waals surface area contributed by atoms with Crippen molar-refractivity contribution in [1.29, 1.82) is 0 Å². The second-order valence-electron chi connectivity index (χ2n) is 4.10. The number of hydrogen-bond acceptors (Lipinski definition) is 3. The standard InChI is InChI=1S/C10H21N3O/c1-9(11)5-6-10(14)12-13-7-3-2-4-8-13/h9H,2-8,11H2,1H3,(H,12,14). The lowest BCUT2D eigenvalue weighted by Crippen LogP contribution is -2.45. The Kier molecular flexibility index (Phi) is 4.90. The fourth-order valence-electron chi connectivity index (χ4n) is 1.60. The van der Waals surface area contributed by atoms with Gasteiger partial charge in [0, 0.05) is 25.6 Å². The van der Waals surface area contributed by atoms with Crippen molar-refractivity contribution in [2.24, 2.45) is 5.73 Å². The first-order valence-corrected chi connectivity index (χ1v) is 5.48. The Bertz CT molecular complexity index is 176. The van der Waals surface area contributed by atoms with Gasteiger partial charge in [0.2, 0.25) is 5.91 Å².